The van der Waals surface area contributed by atoms with Crippen molar-refractivity contribution in [3.63, 3.8) is 0 Å². The zero-order valence-electron chi connectivity index (χ0n) is 8.54. The average Bonchev–Trinajstić information content (AvgIpc) is 2.17. The zero-order chi connectivity index (χ0) is 12.3. The Morgan fingerprint density at radius 2 is 1.88 bits per heavy atom. The van der Waals surface area contributed by atoms with Crippen LogP contribution in [0, 0.1) is 0 Å². The van der Waals surface area contributed by atoms with Gasteiger partial charge in [-0.15, -0.1) is 0 Å². The van der Waals surface area contributed by atoms with Crippen LogP contribution in [0.25, 0.3) is 0 Å². The number of carbonyl (C=O) groups is 1. The number of aliphatic hydroxyl groups is 1. The van der Waals surface area contributed by atoms with E-state index < -0.39 is 22.0 Å². The molecule has 1 aromatic rings. The van der Waals surface area contributed by atoms with Crippen molar-refractivity contribution >= 4 is 21.6 Å². The van der Waals surface area contributed by atoms with Crippen molar-refractivity contribution < 1.29 is 18.3 Å². The summed E-state index contributed by atoms with van der Waals surface area (Å²) in [6.45, 7) is 1.33. The molecule has 0 radical (unpaired) electrons. The van der Waals surface area contributed by atoms with Gasteiger partial charge in [0.05, 0.1) is 4.90 Å². The Hall–Kier alpha value is -1.44. The SMILES string of the molecule is C[C@@H](O)C(=O)Nc1ccc(S(N)(=O)=O)cc1. The van der Waals surface area contributed by atoms with E-state index in [0.29, 0.717) is 5.69 Å². The molecule has 0 aliphatic carbocycles. The molecule has 0 fully saturated rings. The summed E-state index contributed by atoms with van der Waals surface area (Å²) in [5.41, 5.74) is 0.387. The van der Waals surface area contributed by atoms with Crippen molar-refractivity contribution in [1.29, 1.82) is 0 Å². The first-order chi connectivity index (χ1) is 7.30. The number of carbonyl (C=O) groups excluding carboxylic acids is 1. The quantitative estimate of drug-likeness (QED) is 0.675. The molecule has 0 unspecified atom stereocenters. The highest BCUT2D eigenvalue weighted by molar-refractivity contribution is 7.89. The van der Waals surface area contributed by atoms with Gasteiger partial charge in [-0.3, -0.25) is 4.79 Å². The first-order valence-electron chi connectivity index (χ1n) is 4.42. The van der Waals surface area contributed by atoms with E-state index in [1.165, 1.54) is 31.2 Å². The number of nitrogens with two attached hydrogens (primary N) is 1. The summed E-state index contributed by atoms with van der Waals surface area (Å²) in [4.78, 5) is 11.1. The molecule has 1 atom stereocenters. The van der Waals surface area contributed by atoms with Gasteiger partial charge in [0.25, 0.3) is 5.91 Å². The van der Waals surface area contributed by atoms with Crippen LogP contribution in [-0.2, 0) is 14.8 Å². The van der Waals surface area contributed by atoms with Gasteiger partial charge in [0, 0.05) is 5.69 Å². The lowest BCUT2D eigenvalue weighted by Gasteiger charge is -2.07. The molecule has 0 saturated carbocycles. The second-order valence-electron chi connectivity index (χ2n) is 3.23. The lowest BCUT2D eigenvalue weighted by molar-refractivity contribution is -0.123. The van der Waals surface area contributed by atoms with Gasteiger partial charge in [0.1, 0.15) is 6.10 Å². The maximum atomic E-state index is 11.1. The van der Waals surface area contributed by atoms with Crippen LogP contribution in [0.15, 0.2) is 29.2 Å². The molecule has 4 N–H and O–H groups in total. The van der Waals surface area contributed by atoms with Crippen LogP contribution in [0.3, 0.4) is 0 Å². The van der Waals surface area contributed by atoms with Gasteiger partial charge in [0.15, 0.2) is 0 Å². The zero-order valence-corrected chi connectivity index (χ0v) is 9.36. The molecule has 7 heteroatoms. The minimum atomic E-state index is -3.73. The number of hydrogen-bond acceptors (Lipinski definition) is 4. The Morgan fingerprint density at radius 1 is 1.38 bits per heavy atom. The van der Waals surface area contributed by atoms with Crippen LogP contribution in [0.1, 0.15) is 6.92 Å². The third-order valence-corrected chi connectivity index (χ3v) is 2.76. The lowest BCUT2D eigenvalue weighted by atomic mass is 10.3. The van der Waals surface area contributed by atoms with Crippen LogP contribution in [0.4, 0.5) is 5.69 Å². The van der Waals surface area contributed by atoms with Crippen LogP contribution in [-0.4, -0.2) is 25.5 Å². The normalized spacial score (nSPS) is 13.2. The van der Waals surface area contributed by atoms with Gasteiger partial charge in [0.2, 0.25) is 10.0 Å². The summed E-state index contributed by atoms with van der Waals surface area (Å²) in [5, 5.41) is 16.2. The van der Waals surface area contributed by atoms with Gasteiger partial charge in [-0.25, -0.2) is 13.6 Å². The highest BCUT2D eigenvalue weighted by Crippen LogP contribution is 2.12. The monoisotopic (exact) mass is 244 g/mol. The van der Waals surface area contributed by atoms with Gasteiger partial charge >= 0.3 is 0 Å². The number of amides is 1. The van der Waals surface area contributed by atoms with Crippen molar-refractivity contribution in [3.8, 4) is 0 Å². The second-order valence-corrected chi connectivity index (χ2v) is 4.80. The molecule has 16 heavy (non-hydrogen) atoms. The van der Waals surface area contributed by atoms with Crippen molar-refractivity contribution in [2.24, 2.45) is 5.14 Å². The molecule has 1 amide bonds. The van der Waals surface area contributed by atoms with E-state index in [1.807, 2.05) is 0 Å². The predicted molar refractivity (Wildman–Crippen MR) is 58.1 cm³/mol. The standard InChI is InChI=1S/C9H12N2O4S/c1-6(12)9(13)11-7-2-4-8(5-3-7)16(10,14)15/h2-6,12H,1H3,(H,11,13)(H2,10,14,15)/t6-/m1/s1. The highest BCUT2D eigenvalue weighted by atomic mass is 32.2. The number of hydrogen-bond donors (Lipinski definition) is 3. The molecule has 0 aromatic heterocycles. The molecule has 88 valence electrons. The minimum Gasteiger partial charge on any atom is -0.384 e. The van der Waals surface area contributed by atoms with Gasteiger partial charge in [-0.1, -0.05) is 0 Å². The molecule has 0 heterocycles. The summed E-state index contributed by atoms with van der Waals surface area (Å²) in [5.74, 6) is -0.566. The van der Waals surface area contributed by atoms with Crippen LogP contribution in [0.5, 0.6) is 0 Å². The topological polar surface area (TPSA) is 109 Å². The van der Waals surface area contributed by atoms with Crippen molar-refractivity contribution in [2.75, 3.05) is 5.32 Å². The van der Waals surface area contributed by atoms with Crippen LogP contribution >= 0.6 is 0 Å². The van der Waals surface area contributed by atoms with Gasteiger partial charge in [-0.05, 0) is 31.2 Å². The fourth-order valence-corrected chi connectivity index (χ4v) is 1.49. The van der Waals surface area contributed by atoms with Crippen molar-refractivity contribution in [3.05, 3.63) is 24.3 Å². The van der Waals surface area contributed by atoms with Crippen LogP contribution < -0.4 is 10.5 Å². The largest absolute Gasteiger partial charge is 0.384 e. The predicted octanol–water partition coefficient (Wildman–Crippen LogP) is -0.347. The van der Waals surface area contributed by atoms with E-state index >= 15 is 0 Å². The maximum Gasteiger partial charge on any atom is 0.252 e. The first kappa shape index (κ1) is 12.6. The molecule has 1 aromatic carbocycles. The summed E-state index contributed by atoms with van der Waals surface area (Å²) in [6, 6.07) is 5.32. The number of nitrogens with one attached hydrogen (secondary N) is 1. The molecule has 0 saturated heterocycles. The third kappa shape index (κ3) is 3.30. The van der Waals surface area contributed by atoms with E-state index in [-0.39, 0.29) is 4.90 Å². The second kappa shape index (κ2) is 4.60. The maximum absolute atomic E-state index is 11.1. The molecule has 0 aliphatic rings. The Morgan fingerprint density at radius 3 is 2.25 bits per heavy atom. The number of benzene rings is 1. The van der Waals surface area contributed by atoms with Gasteiger partial charge in [-0.2, -0.15) is 0 Å². The van der Waals surface area contributed by atoms with E-state index in [4.69, 9.17) is 10.2 Å². The minimum absolute atomic E-state index is 0.0393. The van der Waals surface area contributed by atoms with E-state index in [1.54, 1.807) is 0 Å². The average molecular weight is 244 g/mol. The Labute approximate surface area is 93.1 Å². The first-order valence-corrected chi connectivity index (χ1v) is 5.97. The van der Waals surface area contributed by atoms with Gasteiger partial charge < -0.3 is 10.4 Å². The molecule has 1 rings (SSSR count). The third-order valence-electron chi connectivity index (χ3n) is 1.83. The van der Waals surface area contributed by atoms with E-state index in [9.17, 15) is 13.2 Å². The molecule has 0 spiro atoms. The number of primary sulfonamides is 1. The lowest BCUT2D eigenvalue weighted by Crippen LogP contribution is -2.24. The molecule has 6 nitrogen and oxygen atoms in total. The Kier molecular flexibility index (Phi) is 3.63. The summed E-state index contributed by atoms with van der Waals surface area (Å²) < 4.78 is 21.9. The molecular formula is C9H12N2O4S. The number of anilines is 1. The summed E-state index contributed by atoms with van der Waals surface area (Å²) >= 11 is 0. The Balaban J connectivity index is 2.84. The molecule has 0 aliphatic heterocycles. The fourth-order valence-electron chi connectivity index (χ4n) is 0.975. The summed E-state index contributed by atoms with van der Waals surface area (Å²) in [6.07, 6.45) is -1.13. The van der Waals surface area contributed by atoms with E-state index in [0.717, 1.165) is 0 Å². The van der Waals surface area contributed by atoms with Crippen molar-refractivity contribution in [1.82, 2.24) is 0 Å². The number of sulfonamides is 1. The Bertz CT molecular complexity index is 479. The smallest absolute Gasteiger partial charge is 0.252 e. The molecule has 0 bridgehead atoms. The highest BCUT2D eigenvalue weighted by Gasteiger charge is 2.10. The van der Waals surface area contributed by atoms with Crippen molar-refractivity contribution in [2.45, 2.75) is 17.9 Å². The number of rotatable bonds is 3. The van der Waals surface area contributed by atoms with Crippen LogP contribution in [0.2, 0.25) is 0 Å². The fraction of sp³-hybridized carbons (Fsp3) is 0.222. The number of aliphatic hydroxyl groups excluding tert-OH is 1. The molecular weight excluding hydrogens is 232 g/mol. The summed E-state index contributed by atoms with van der Waals surface area (Å²) in [7, 11) is -3.73. The van der Waals surface area contributed by atoms with E-state index in [2.05, 4.69) is 5.32 Å².